The third kappa shape index (κ3) is 4.04. The number of rotatable bonds is 4. The lowest BCUT2D eigenvalue weighted by Gasteiger charge is -2.36. The van der Waals surface area contributed by atoms with Crippen molar-refractivity contribution in [3.05, 3.63) is 59.4 Å². The van der Waals surface area contributed by atoms with Gasteiger partial charge in [0.1, 0.15) is 0 Å². The Hall–Kier alpha value is -2.11. The summed E-state index contributed by atoms with van der Waals surface area (Å²) in [5.41, 5.74) is 1.83. The van der Waals surface area contributed by atoms with E-state index in [1.807, 2.05) is 17.0 Å². The Morgan fingerprint density at radius 1 is 1.08 bits per heavy atom. The molecule has 24 heavy (non-hydrogen) atoms. The molecule has 0 aliphatic carbocycles. The topological polar surface area (TPSA) is 56.7 Å². The Kier molecular flexibility index (Phi) is 5.33. The molecule has 0 radical (unpaired) electrons. The normalized spacial score (nSPS) is 16.1. The second kappa shape index (κ2) is 7.64. The third-order valence-electron chi connectivity index (χ3n) is 4.28. The molecule has 1 fully saturated rings. The zero-order chi connectivity index (χ0) is 16.9. The summed E-state index contributed by atoms with van der Waals surface area (Å²) >= 11 is 5.84. The first-order chi connectivity index (χ1) is 11.6. The highest BCUT2D eigenvalue weighted by molar-refractivity contribution is 6.30. The van der Waals surface area contributed by atoms with Gasteiger partial charge in [0.25, 0.3) is 0 Å². The largest absolute Gasteiger partial charge is 0.388 e. The molecule has 2 aromatic rings. The minimum Gasteiger partial charge on any atom is -0.388 e. The van der Waals surface area contributed by atoms with Gasteiger partial charge in [0.15, 0.2) is 0 Å². The van der Waals surface area contributed by atoms with Gasteiger partial charge >= 0.3 is 0 Å². The van der Waals surface area contributed by atoms with Crippen molar-refractivity contribution >= 4 is 23.2 Å². The van der Waals surface area contributed by atoms with Crippen LogP contribution in [-0.2, 0) is 4.79 Å². The van der Waals surface area contributed by atoms with E-state index >= 15 is 0 Å². The molecular formula is C18H20ClN3O2. The second-order valence-corrected chi connectivity index (χ2v) is 6.28. The van der Waals surface area contributed by atoms with Gasteiger partial charge in [-0.1, -0.05) is 23.7 Å². The first-order valence-electron chi connectivity index (χ1n) is 8.00. The maximum absolute atomic E-state index is 12.4. The molecule has 1 atom stereocenters. The Morgan fingerprint density at radius 3 is 2.33 bits per heavy atom. The summed E-state index contributed by atoms with van der Waals surface area (Å²) in [6.45, 7) is 2.89. The van der Waals surface area contributed by atoms with Crippen molar-refractivity contribution < 1.29 is 9.90 Å². The molecule has 1 amide bonds. The molecule has 1 unspecified atom stereocenters. The highest BCUT2D eigenvalue weighted by Gasteiger charge is 2.23. The van der Waals surface area contributed by atoms with Crippen LogP contribution in [-0.4, -0.2) is 47.1 Å². The lowest BCUT2D eigenvalue weighted by Crippen LogP contribution is -2.49. The van der Waals surface area contributed by atoms with Gasteiger partial charge in [-0.3, -0.25) is 9.78 Å². The van der Waals surface area contributed by atoms with Crippen LogP contribution in [0.4, 0.5) is 5.69 Å². The molecule has 1 saturated heterocycles. The van der Waals surface area contributed by atoms with Crippen molar-refractivity contribution in [3.63, 3.8) is 0 Å². The van der Waals surface area contributed by atoms with Crippen LogP contribution in [0.5, 0.6) is 0 Å². The number of aliphatic hydroxyl groups is 1. The standard InChI is InChI=1S/C18H20ClN3O2/c19-15-3-1-14(2-4-15)17(23)13-18(24)22-11-9-21(10-12-22)16-5-7-20-8-6-16/h1-8,17,23H,9-13H2. The average molecular weight is 346 g/mol. The predicted octanol–water partition coefficient (Wildman–Crippen LogP) is 2.51. The predicted molar refractivity (Wildman–Crippen MR) is 94.1 cm³/mol. The van der Waals surface area contributed by atoms with Crippen molar-refractivity contribution in [2.45, 2.75) is 12.5 Å². The lowest BCUT2D eigenvalue weighted by atomic mass is 10.1. The fourth-order valence-corrected chi connectivity index (χ4v) is 2.99. The van der Waals surface area contributed by atoms with Gasteiger partial charge in [-0.05, 0) is 29.8 Å². The molecule has 1 aromatic carbocycles. The molecule has 1 aromatic heterocycles. The van der Waals surface area contributed by atoms with Crippen LogP contribution in [0.25, 0.3) is 0 Å². The number of nitrogens with zero attached hydrogens (tertiary/aromatic N) is 3. The van der Waals surface area contributed by atoms with E-state index in [-0.39, 0.29) is 12.3 Å². The summed E-state index contributed by atoms with van der Waals surface area (Å²) in [7, 11) is 0. The monoisotopic (exact) mass is 345 g/mol. The number of aliphatic hydroxyl groups excluding tert-OH is 1. The number of amides is 1. The third-order valence-corrected chi connectivity index (χ3v) is 4.53. The van der Waals surface area contributed by atoms with Crippen LogP contribution in [0, 0.1) is 0 Å². The zero-order valence-corrected chi connectivity index (χ0v) is 14.1. The van der Waals surface area contributed by atoms with E-state index in [4.69, 9.17) is 11.6 Å². The Bertz CT molecular complexity index is 670. The second-order valence-electron chi connectivity index (χ2n) is 5.84. The minimum absolute atomic E-state index is 0.0215. The number of carbonyl (C=O) groups is 1. The molecule has 0 bridgehead atoms. The van der Waals surface area contributed by atoms with E-state index in [2.05, 4.69) is 9.88 Å². The van der Waals surface area contributed by atoms with Crippen LogP contribution >= 0.6 is 11.6 Å². The fourth-order valence-electron chi connectivity index (χ4n) is 2.87. The molecule has 126 valence electrons. The molecule has 1 aliphatic rings. The van der Waals surface area contributed by atoms with Gasteiger partial charge in [-0.2, -0.15) is 0 Å². The van der Waals surface area contributed by atoms with Gasteiger partial charge in [0, 0.05) is 49.3 Å². The summed E-state index contributed by atoms with van der Waals surface area (Å²) < 4.78 is 0. The number of halogens is 1. The number of carbonyl (C=O) groups excluding carboxylic acids is 1. The van der Waals surface area contributed by atoms with Gasteiger partial charge in [0.2, 0.25) is 5.91 Å². The van der Waals surface area contributed by atoms with Crippen molar-refractivity contribution in [2.75, 3.05) is 31.1 Å². The maximum atomic E-state index is 12.4. The fraction of sp³-hybridized carbons (Fsp3) is 0.333. The Balaban J connectivity index is 1.52. The average Bonchev–Trinajstić information content (AvgIpc) is 2.63. The number of piperazine rings is 1. The molecule has 0 spiro atoms. The molecule has 1 N–H and O–H groups in total. The van der Waals surface area contributed by atoms with Gasteiger partial charge in [-0.15, -0.1) is 0 Å². The van der Waals surface area contributed by atoms with Crippen molar-refractivity contribution in [1.29, 1.82) is 0 Å². The van der Waals surface area contributed by atoms with Gasteiger partial charge in [0.05, 0.1) is 12.5 Å². The van der Waals surface area contributed by atoms with E-state index in [9.17, 15) is 9.90 Å². The molecular weight excluding hydrogens is 326 g/mol. The lowest BCUT2D eigenvalue weighted by molar-refractivity contribution is -0.133. The van der Waals surface area contributed by atoms with Crippen LogP contribution in [0.2, 0.25) is 5.02 Å². The summed E-state index contributed by atoms with van der Waals surface area (Å²) in [5.74, 6) is -0.0215. The number of benzene rings is 1. The molecule has 6 heteroatoms. The highest BCUT2D eigenvalue weighted by Crippen LogP contribution is 2.21. The number of hydrogen-bond donors (Lipinski definition) is 1. The summed E-state index contributed by atoms with van der Waals surface area (Å²) in [4.78, 5) is 20.5. The van der Waals surface area contributed by atoms with Crippen LogP contribution in [0.1, 0.15) is 18.1 Å². The quantitative estimate of drug-likeness (QED) is 0.925. The molecule has 3 rings (SSSR count). The Morgan fingerprint density at radius 2 is 1.71 bits per heavy atom. The number of pyridine rings is 1. The van der Waals surface area contributed by atoms with E-state index in [0.717, 1.165) is 18.8 Å². The van der Waals surface area contributed by atoms with Crippen LogP contribution < -0.4 is 4.90 Å². The molecule has 0 saturated carbocycles. The van der Waals surface area contributed by atoms with Gasteiger partial charge < -0.3 is 14.9 Å². The molecule has 5 nitrogen and oxygen atoms in total. The van der Waals surface area contributed by atoms with Gasteiger partial charge in [-0.25, -0.2) is 0 Å². The number of aromatic nitrogens is 1. The first kappa shape index (κ1) is 16.7. The Labute approximate surface area is 146 Å². The summed E-state index contributed by atoms with van der Waals surface area (Å²) in [6, 6.07) is 10.9. The maximum Gasteiger partial charge on any atom is 0.225 e. The van der Waals surface area contributed by atoms with E-state index < -0.39 is 6.10 Å². The number of hydrogen-bond acceptors (Lipinski definition) is 4. The van der Waals surface area contributed by atoms with E-state index in [1.54, 1.807) is 36.7 Å². The highest BCUT2D eigenvalue weighted by atomic mass is 35.5. The van der Waals surface area contributed by atoms with Crippen molar-refractivity contribution in [2.24, 2.45) is 0 Å². The van der Waals surface area contributed by atoms with E-state index in [1.165, 1.54) is 0 Å². The van der Waals surface area contributed by atoms with E-state index in [0.29, 0.717) is 23.7 Å². The minimum atomic E-state index is -0.798. The molecule has 2 heterocycles. The summed E-state index contributed by atoms with van der Waals surface area (Å²) in [6.07, 6.45) is 2.84. The van der Waals surface area contributed by atoms with Crippen molar-refractivity contribution in [1.82, 2.24) is 9.88 Å². The van der Waals surface area contributed by atoms with Crippen LogP contribution in [0.15, 0.2) is 48.8 Å². The SMILES string of the molecule is O=C(CC(O)c1ccc(Cl)cc1)N1CCN(c2ccncc2)CC1. The molecule has 1 aliphatic heterocycles. The summed E-state index contributed by atoms with van der Waals surface area (Å²) in [5, 5.41) is 10.8. The first-order valence-corrected chi connectivity index (χ1v) is 8.37. The smallest absolute Gasteiger partial charge is 0.225 e. The zero-order valence-electron chi connectivity index (χ0n) is 13.3. The van der Waals surface area contributed by atoms with Crippen molar-refractivity contribution in [3.8, 4) is 0 Å². The van der Waals surface area contributed by atoms with Crippen LogP contribution in [0.3, 0.4) is 0 Å². The number of anilines is 1.